The molecule has 0 aliphatic carbocycles. The summed E-state index contributed by atoms with van der Waals surface area (Å²) >= 11 is 7.87. The molecule has 0 saturated carbocycles. The Balaban J connectivity index is 1.76. The standard InChI is InChI=1S/C20H15Br2NO5S/c1-2-23-18(24)16(29-20(23)27)9-12-7-14(21)17(15(22)8-12)28-10-11-3-5-13(6-4-11)19(25)26/h3-9H,2,10H2,1H3,(H,25,26)/b16-9+. The summed E-state index contributed by atoms with van der Waals surface area (Å²) in [5.74, 6) is -0.693. The fourth-order valence-electron chi connectivity index (χ4n) is 2.62. The topological polar surface area (TPSA) is 83.9 Å². The van der Waals surface area contributed by atoms with Crippen LogP contribution in [-0.4, -0.2) is 33.7 Å². The van der Waals surface area contributed by atoms with Gasteiger partial charge >= 0.3 is 5.97 Å². The summed E-state index contributed by atoms with van der Waals surface area (Å²) in [4.78, 5) is 36.6. The highest BCUT2D eigenvalue weighted by Gasteiger charge is 2.33. The van der Waals surface area contributed by atoms with Crippen LogP contribution in [-0.2, 0) is 11.4 Å². The van der Waals surface area contributed by atoms with Crippen LogP contribution in [0, 0.1) is 0 Å². The molecule has 2 aromatic carbocycles. The lowest BCUT2D eigenvalue weighted by atomic mass is 10.1. The van der Waals surface area contributed by atoms with Crippen molar-refractivity contribution in [3.05, 3.63) is 66.9 Å². The van der Waals surface area contributed by atoms with Gasteiger partial charge in [-0.25, -0.2) is 4.79 Å². The number of thioether (sulfide) groups is 1. The van der Waals surface area contributed by atoms with E-state index < -0.39 is 5.97 Å². The van der Waals surface area contributed by atoms with Crippen molar-refractivity contribution >= 4 is 66.8 Å². The molecule has 0 spiro atoms. The minimum atomic E-state index is -0.977. The number of imide groups is 1. The second-order valence-corrected chi connectivity index (χ2v) is 8.73. The van der Waals surface area contributed by atoms with Gasteiger partial charge in [0.05, 0.1) is 19.4 Å². The number of rotatable bonds is 6. The fourth-order valence-corrected chi connectivity index (χ4v) is 4.98. The molecule has 1 fully saturated rings. The van der Waals surface area contributed by atoms with Gasteiger partial charge < -0.3 is 9.84 Å². The zero-order chi connectivity index (χ0) is 21.1. The molecule has 1 N–H and O–H groups in total. The van der Waals surface area contributed by atoms with Gasteiger partial charge in [-0.2, -0.15) is 0 Å². The summed E-state index contributed by atoms with van der Waals surface area (Å²) in [6.07, 6.45) is 1.67. The third-order valence-electron chi connectivity index (χ3n) is 4.09. The van der Waals surface area contributed by atoms with Crippen molar-refractivity contribution in [2.45, 2.75) is 13.5 Å². The number of carbonyl (C=O) groups excluding carboxylic acids is 2. The number of benzene rings is 2. The fraction of sp³-hybridized carbons (Fsp3) is 0.150. The molecule has 2 aromatic rings. The number of ether oxygens (including phenoxy) is 1. The summed E-state index contributed by atoms with van der Waals surface area (Å²) in [6.45, 7) is 2.36. The van der Waals surface area contributed by atoms with E-state index in [9.17, 15) is 14.4 Å². The predicted molar refractivity (Wildman–Crippen MR) is 118 cm³/mol. The minimum Gasteiger partial charge on any atom is -0.487 e. The number of aromatic carboxylic acids is 1. The van der Waals surface area contributed by atoms with Crippen LogP contribution in [0.4, 0.5) is 4.79 Å². The maximum Gasteiger partial charge on any atom is 0.335 e. The Labute approximate surface area is 188 Å². The molecule has 1 saturated heterocycles. The van der Waals surface area contributed by atoms with E-state index in [2.05, 4.69) is 31.9 Å². The lowest BCUT2D eigenvalue weighted by Gasteiger charge is -2.12. The third-order valence-corrected chi connectivity index (χ3v) is 6.18. The molecule has 2 amide bonds. The van der Waals surface area contributed by atoms with E-state index >= 15 is 0 Å². The summed E-state index contributed by atoms with van der Waals surface area (Å²) in [7, 11) is 0. The Kier molecular flexibility index (Phi) is 6.81. The highest BCUT2D eigenvalue weighted by molar-refractivity contribution is 9.11. The Morgan fingerprint density at radius 2 is 1.79 bits per heavy atom. The summed E-state index contributed by atoms with van der Waals surface area (Å²) in [6, 6.07) is 10.0. The van der Waals surface area contributed by atoms with Gasteiger partial charge in [0, 0.05) is 6.54 Å². The molecule has 0 bridgehead atoms. The summed E-state index contributed by atoms with van der Waals surface area (Å²) in [5.41, 5.74) is 1.78. The summed E-state index contributed by atoms with van der Waals surface area (Å²) < 4.78 is 7.21. The molecule has 1 aliphatic rings. The number of hydrogen-bond acceptors (Lipinski definition) is 5. The van der Waals surface area contributed by atoms with Gasteiger partial charge in [-0.15, -0.1) is 0 Å². The highest BCUT2D eigenvalue weighted by atomic mass is 79.9. The number of carbonyl (C=O) groups is 3. The second-order valence-electron chi connectivity index (χ2n) is 6.03. The number of hydrogen-bond donors (Lipinski definition) is 1. The Bertz CT molecular complexity index is 997. The zero-order valence-corrected chi connectivity index (χ0v) is 19.1. The summed E-state index contributed by atoms with van der Waals surface area (Å²) in [5, 5.41) is 8.68. The van der Waals surface area contributed by atoms with Gasteiger partial charge in [-0.05, 0) is 92.0 Å². The number of nitrogens with zero attached hydrogens (tertiary/aromatic N) is 1. The molecule has 0 atom stereocenters. The quantitative estimate of drug-likeness (QED) is 0.484. The van der Waals surface area contributed by atoms with Crippen molar-refractivity contribution in [3.8, 4) is 5.75 Å². The van der Waals surface area contributed by atoms with Crippen LogP contribution in [0.25, 0.3) is 6.08 Å². The molecule has 3 rings (SSSR count). The first kappa shape index (κ1) is 21.6. The van der Waals surface area contributed by atoms with E-state index in [-0.39, 0.29) is 23.3 Å². The van der Waals surface area contributed by atoms with Crippen LogP contribution < -0.4 is 4.74 Å². The molecule has 0 unspecified atom stereocenters. The number of halogens is 2. The van der Waals surface area contributed by atoms with E-state index in [4.69, 9.17) is 9.84 Å². The highest BCUT2D eigenvalue weighted by Crippen LogP contribution is 2.38. The van der Waals surface area contributed by atoms with Crippen LogP contribution in [0.3, 0.4) is 0 Å². The molecule has 6 nitrogen and oxygen atoms in total. The van der Waals surface area contributed by atoms with Gasteiger partial charge in [0.15, 0.2) is 0 Å². The van der Waals surface area contributed by atoms with E-state index in [0.29, 0.717) is 26.1 Å². The van der Waals surface area contributed by atoms with Gasteiger partial charge in [0.2, 0.25) is 0 Å². The molecule has 29 heavy (non-hydrogen) atoms. The molecule has 150 valence electrons. The van der Waals surface area contributed by atoms with Crippen LogP contribution in [0.1, 0.15) is 28.4 Å². The number of carboxylic acids is 1. The second kappa shape index (κ2) is 9.15. The first-order valence-electron chi connectivity index (χ1n) is 8.49. The lowest BCUT2D eigenvalue weighted by molar-refractivity contribution is -0.122. The van der Waals surface area contributed by atoms with Gasteiger partial charge in [-0.3, -0.25) is 14.5 Å². The SMILES string of the molecule is CCN1C(=O)S/C(=C/c2cc(Br)c(OCc3ccc(C(=O)O)cc3)c(Br)c2)C1=O. The van der Waals surface area contributed by atoms with Crippen molar-refractivity contribution in [1.29, 1.82) is 0 Å². The molecule has 0 radical (unpaired) electrons. The van der Waals surface area contributed by atoms with Crippen molar-refractivity contribution in [2.24, 2.45) is 0 Å². The van der Waals surface area contributed by atoms with E-state index in [1.54, 1.807) is 37.3 Å². The zero-order valence-electron chi connectivity index (χ0n) is 15.1. The Hall–Kier alpha value is -2.10. The van der Waals surface area contributed by atoms with Crippen molar-refractivity contribution in [3.63, 3.8) is 0 Å². The largest absolute Gasteiger partial charge is 0.487 e. The molecular weight excluding hydrogens is 526 g/mol. The van der Waals surface area contributed by atoms with Gasteiger partial charge in [-0.1, -0.05) is 12.1 Å². The smallest absolute Gasteiger partial charge is 0.335 e. The van der Waals surface area contributed by atoms with Crippen LogP contribution >= 0.6 is 43.6 Å². The van der Waals surface area contributed by atoms with Crippen LogP contribution in [0.15, 0.2) is 50.2 Å². The maximum atomic E-state index is 12.2. The van der Waals surface area contributed by atoms with E-state index in [0.717, 1.165) is 22.9 Å². The predicted octanol–water partition coefficient (Wildman–Crippen LogP) is 5.55. The molecular formula is C20H15Br2NO5S. The lowest BCUT2D eigenvalue weighted by Crippen LogP contribution is -2.27. The Morgan fingerprint density at radius 3 is 2.31 bits per heavy atom. The first-order chi connectivity index (χ1) is 13.8. The van der Waals surface area contributed by atoms with Crippen LogP contribution in [0.2, 0.25) is 0 Å². The molecule has 1 aliphatic heterocycles. The average Bonchev–Trinajstić information content (AvgIpc) is 2.94. The maximum absolute atomic E-state index is 12.2. The van der Waals surface area contributed by atoms with Crippen LogP contribution in [0.5, 0.6) is 5.75 Å². The minimum absolute atomic E-state index is 0.216. The van der Waals surface area contributed by atoms with Crippen molar-refractivity contribution < 1.29 is 24.2 Å². The van der Waals surface area contributed by atoms with E-state index in [1.807, 2.05) is 0 Å². The first-order valence-corrected chi connectivity index (χ1v) is 10.9. The number of likely N-dealkylation sites (N-methyl/N-ethyl adjacent to an activating group) is 1. The van der Waals surface area contributed by atoms with Gasteiger partial charge in [0.25, 0.3) is 11.1 Å². The molecule has 9 heteroatoms. The third kappa shape index (κ3) is 4.91. The van der Waals surface area contributed by atoms with E-state index in [1.165, 1.54) is 17.0 Å². The van der Waals surface area contributed by atoms with Crippen molar-refractivity contribution in [1.82, 2.24) is 4.90 Å². The normalized spacial score (nSPS) is 15.3. The van der Waals surface area contributed by atoms with Gasteiger partial charge in [0.1, 0.15) is 12.4 Å². The average molecular weight is 541 g/mol. The Morgan fingerprint density at radius 1 is 1.17 bits per heavy atom. The number of carboxylic acid groups (broad SMARTS) is 1. The molecule has 0 aromatic heterocycles. The number of amides is 2. The van der Waals surface area contributed by atoms with Crippen molar-refractivity contribution in [2.75, 3.05) is 6.54 Å². The molecule has 1 heterocycles. The monoisotopic (exact) mass is 539 g/mol.